The van der Waals surface area contributed by atoms with Gasteiger partial charge in [-0.05, 0) is 36.7 Å². The Morgan fingerprint density at radius 2 is 1.84 bits per heavy atom. The normalized spacial score (nSPS) is 20.3. The maximum absolute atomic E-state index is 13.2. The Morgan fingerprint density at radius 3 is 2.56 bits per heavy atom. The van der Waals surface area contributed by atoms with Crippen molar-refractivity contribution < 1.29 is 14.6 Å². The molecule has 1 fully saturated rings. The van der Waals surface area contributed by atoms with Gasteiger partial charge in [0.2, 0.25) is 0 Å². The van der Waals surface area contributed by atoms with Crippen molar-refractivity contribution in [2.45, 2.75) is 24.9 Å². The maximum atomic E-state index is 13.2. The zero-order chi connectivity index (χ0) is 17.3. The summed E-state index contributed by atoms with van der Waals surface area (Å²) in [6, 6.07) is 15.8. The number of carbonyl (C=O) groups is 1. The molecule has 0 amide bonds. The zero-order valence-corrected chi connectivity index (χ0v) is 14.0. The molecule has 1 spiro atoms. The summed E-state index contributed by atoms with van der Waals surface area (Å²) in [5, 5.41) is 13.1. The molecule has 0 unspecified atom stereocenters. The number of fused-ring (bicyclic) bond motifs is 1. The van der Waals surface area contributed by atoms with E-state index in [-0.39, 0.29) is 5.78 Å². The number of aliphatic hydroxyl groups excluding tert-OH is 1. The first-order valence-electron chi connectivity index (χ1n) is 8.69. The van der Waals surface area contributed by atoms with Crippen molar-refractivity contribution in [1.82, 2.24) is 5.32 Å². The first-order valence-corrected chi connectivity index (χ1v) is 8.69. The molecule has 4 nitrogen and oxygen atoms in total. The zero-order valence-electron chi connectivity index (χ0n) is 14.0. The van der Waals surface area contributed by atoms with E-state index in [0.717, 1.165) is 30.5 Å². The van der Waals surface area contributed by atoms with E-state index in [1.165, 1.54) is 0 Å². The average molecular weight is 335 g/mol. The van der Waals surface area contributed by atoms with Crippen LogP contribution in [0.1, 0.15) is 34.3 Å². The van der Waals surface area contributed by atoms with Gasteiger partial charge in [-0.3, -0.25) is 4.79 Å². The van der Waals surface area contributed by atoms with Crippen LogP contribution in [0.15, 0.2) is 60.4 Å². The van der Waals surface area contributed by atoms with Crippen molar-refractivity contribution in [2.24, 2.45) is 0 Å². The summed E-state index contributed by atoms with van der Waals surface area (Å²) in [7, 11) is 0. The highest BCUT2D eigenvalue weighted by Gasteiger charge is 2.46. The number of carbonyl (C=O) groups excluding carboxylic acids is 1. The van der Waals surface area contributed by atoms with Crippen LogP contribution in [-0.2, 0) is 6.42 Å². The van der Waals surface area contributed by atoms with Crippen molar-refractivity contribution in [1.29, 1.82) is 0 Å². The number of piperidine rings is 1. The molecule has 0 radical (unpaired) electrons. The van der Waals surface area contributed by atoms with Crippen molar-refractivity contribution in [3.05, 3.63) is 77.1 Å². The molecule has 2 aliphatic rings. The van der Waals surface area contributed by atoms with Gasteiger partial charge in [-0.15, -0.1) is 0 Å². The summed E-state index contributed by atoms with van der Waals surface area (Å²) in [5.41, 5.74) is 2.31. The second-order valence-corrected chi connectivity index (χ2v) is 6.67. The lowest BCUT2D eigenvalue weighted by molar-refractivity contribution is 0.0516. The predicted octanol–water partition coefficient (Wildman–Crippen LogP) is 3.42. The summed E-state index contributed by atoms with van der Waals surface area (Å²) in [6.45, 7) is 1.54. The average Bonchev–Trinajstić information content (AvgIpc) is 2.63. The van der Waals surface area contributed by atoms with E-state index in [1.54, 1.807) is 0 Å². The van der Waals surface area contributed by atoms with Gasteiger partial charge < -0.3 is 15.2 Å². The summed E-state index contributed by atoms with van der Waals surface area (Å²) >= 11 is 0. The molecule has 2 aromatic rings. The number of benzene rings is 2. The van der Waals surface area contributed by atoms with Gasteiger partial charge >= 0.3 is 0 Å². The molecule has 2 aliphatic heterocycles. The minimum Gasteiger partial charge on any atom is -0.515 e. The van der Waals surface area contributed by atoms with Crippen LogP contribution in [0.25, 0.3) is 0 Å². The lowest BCUT2D eigenvalue weighted by Gasteiger charge is -2.42. The minimum absolute atomic E-state index is 0.114. The summed E-state index contributed by atoms with van der Waals surface area (Å²) in [4.78, 5) is 13.2. The van der Waals surface area contributed by atoms with Crippen molar-refractivity contribution in [3.8, 4) is 5.75 Å². The Kier molecular flexibility index (Phi) is 4.06. The number of aliphatic hydroxyl groups is 1. The fourth-order valence-corrected chi connectivity index (χ4v) is 3.87. The number of hydrogen-bond acceptors (Lipinski definition) is 4. The molecule has 25 heavy (non-hydrogen) atoms. The van der Waals surface area contributed by atoms with Gasteiger partial charge in [0.25, 0.3) is 0 Å². The molecule has 0 atom stereocenters. The Hall–Kier alpha value is -2.59. The quantitative estimate of drug-likeness (QED) is 0.652. The minimum atomic E-state index is -0.713. The highest BCUT2D eigenvalue weighted by atomic mass is 16.5. The first kappa shape index (κ1) is 15.9. The van der Waals surface area contributed by atoms with Gasteiger partial charge in [0, 0.05) is 12.8 Å². The molecule has 2 N–H and O–H groups in total. The van der Waals surface area contributed by atoms with E-state index >= 15 is 0 Å². The molecule has 0 saturated carbocycles. The van der Waals surface area contributed by atoms with E-state index in [1.807, 2.05) is 48.5 Å². The Morgan fingerprint density at radius 1 is 1.08 bits per heavy atom. The van der Waals surface area contributed by atoms with Gasteiger partial charge in [0.1, 0.15) is 11.4 Å². The Balaban J connectivity index is 1.77. The molecule has 128 valence electrons. The molecule has 1 saturated heterocycles. The van der Waals surface area contributed by atoms with Crippen molar-refractivity contribution >= 4 is 5.78 Å². The maximum Gasteiger partial charge on any atom is 0.200 e. The Bertz CT molecular complexity index is 820. The molecule has 2 aromatic carbocycles. The largest absolute Gasteiger partial charge is 0.515 e. The fraction of sp³-hybridized carbons (Fsp3) is 0.286. The smallest absolute Gasteiger partial charge is 0.200 e. The molecular formula is C21H21NO3. The third-order valence-corrected chi connectivity index (χ3v) is 5.16. The number of ketones is 1. The summed E-state index contributed by atoms with van der Waals surface area (Å²) < 4.78 is 6.32. The van der Waals surface area contributed by atoms with Crippen LogP contribution >= 0.6 is 0 Å². The van der Waals surface area contributed by atoms with Crippen LogP contribution in [0.5, 0.6) is 5.75 Å². The van der Waals surface area contributed by atoms with Crippen LogP contribution in [0.2, 0.25) is 0 Å². The topological polar surface area (TPSA) is 58.6 Å². The molecule has 2 heterocycles. The lowest BCUT2D eigenvalue weighted by atomic mass is 9.77. The summed E-state index contributed by atoms with van der Waals surface area (Å²) in [6.07, 6.45) is 2.96. The van der Waals surface area contributed by atoms with Crippen LogP contribution in [0, 0.1) is 0 Å². The number of ether oxygens (including phenoxy) is 1. The molecule has 0 aliphatic carbocycles. The highest BCUT2D eigenvalue weighted by molar-refractivity contribution is 6.13. The Labute approximate surface area is 147 Å². The van der Waals surface area contributed by atoms with Gasteiger partial charge in [-0.2, -0.15) is 0 Å². The molecule has 4 rings (SSSR count). The molecular weight excluding hydrogens is 314 g/mol. The van der Waals surface area contributed by atoms with E-state index in [4.69, 9.17) is 4.74 Å². The van der Waals surface area contributed by atoms with Gasteiger partial charge in [-0.25, -0.2) is 0 Å². The summed E-state index contributed by atoms with van der Waals surface area (Å²) in [5.74, 6) is 0.517. The van der Waals surface area contributed by atoms with Crippen LogP contribution in [0.3, 0.4) is 0 Å². The second kappa shape index (κ2) is 6.37. The molecule has 0 aromatic heterocycles. The van der Waals surface area contributed by atoms with Crippen molar-refractivity contribution in [3.63, 3.8) is 0 Å². The highest BCUT2D eigenvalue weighted by Crippen LogP contribution is 2.42. The fourth-order valence-electron chi connectivity index (χ4n) is 3.87. The van der Waals surface area contributed by atoms with Gasteiger partial charge in [-0.1, -0.05) is 42.5 Å². The van der Waals surface area contributed by atoms with E-state index in [0.29, 0.717) is 36.1 Å². The standard InChI is InChI=1S/C21H21NO3/c23-14-17-20(24)19-16(13-15-5-2-1-3-6-15)7-4-8-18(19)25-21(17)9-11-22-12-10-21/h1-8,14,22-23H,9-13H2. The van der Waals surface area contributed by atoms with E-state index < -0.39 is 5.60 Å². The van der Waals surface area contributed by atoms with Crippen LogP contribution < -0.4 is 10.1 Å². The predicted molar refractivity (Wildman–Crippen MR) is 96.2 cm³/mol. The molecule has 0 bridgehead atoms. The van der Waals surface area contributed by atoms with Crippen LogP contribution in [-0.4, -0.2) is 29.6 Å². The van der Waals surface area contributed by atoms with Gasteiger partial charge in [0.15, 0.2) is 5.78 Å². The third-order valence-electron chi connectivity index (χ3n) is 5.16. The van der Waals surface area contributed by atoms with Crippen molar-refractivity contribution in [2.75, 3.05) is 13.1 Å². The SMILES string of the molecule is O=C1C(=CO)C2(CCNCC2)Oc2cccc(Cc3ccccc3)c21. The van der Waals surface area contributed by atoms with Crippen LogP contribution in [0.4, 0.5) is 0 Å². The monoisotopic (exact) mass is 335 g/mol. The molecule has 4 heteroatoms. The van der Waals surface area contributed by atoms with E-state index in [9.17, 15) is 9.90 Å². The number of rotatable bonds is 2. The third kappa shape index (κ3) is 2.72. The number of nitrogens with one attached hydrogen (secondary N) is 1. The number of Topliss-reactive ketones (excluding diaryl/α,β-unsaturated/α-hetero) is 1. The second-order valence-electron chi connectivity index (χ2n) is 6.67. The van der Waals surface area contributed by atoms with E-state index in [2.05, 4.69) is 5.32 Å². The van der Waals surface area contributed by atoms with Gasteiger partial charge in [0.05, 0.1) is 17.4 Å². The number of hydrogen-bond donors (Lipinski definition) is 2. The lowest BCUT2D eigenvalue weighted by Crippen LogP contribution is -2.51. The first-order chi connectivity index (χ1) is 12.2.